The first-order valence-corrected chi connectivity index (χ1v) is 4.42. The van der Waals surface area contributed by atoms with Crippen LogP contribution in [0.4, 0.5) is 8.78 Å². The van der Waals surface area contributed by atoms with Gasteiger partial charge >= 0.3 is 0 Å². The molecule has 72 valence electrons. The monoisotopic (exact) mass is 251 g/mol. The molecule has 0 aliphatic rings. The van der Waals surface area contributed by atoms with E-state index in [2.05, 4.69) is 15.9 Å². The summed E-state index contributed by atoms with van der Waals surface area (Å²) in [5.74, 6) is -1.23. The second-order valence-electron chi connectivity index (χ2n) is 2.34. The maximum absolute atomic E-state index is 12.9. The van der Waals surface area contributed by atoms with Gasteiger partial charge in [-0.15, -0.1) is 0 Å². The first-order valence-electron chi connectivity index (χ1n) is 3.62. The molecular formula is C8H8BrF2NO. The van der Waals surface area contributed by atoms with E-state index in [1.807, 2.05) is 0 Å². The summed E-state index contributed by atoms with van der Waals surface area (Å²) in [5, 5.41) is 0. The molecular weight excluding hydrogens is 244 g/mol. The highest BCUT2D eigenvalue weighted by molar-refractivity contribution is 9.10. The third kappa shape index (κ3) is 2.63. The van der Waals surface area contributed by atoms with Crippen LogP contribution in [0.5, 0.6) is 5.75 Å². The van der Waals surface area contributed by atoms with Crippen LogP contribution in [0.3, 0.4) is 0 Å². The van der Waals surface area contributed by atoms with E-state index in [4.69, 9.17) is 10.5 Å². The van der Waals surface area contributed by atoms with Crippen molar-refractivity contribution in [2.24, 2.45) is 5.73 Å². The Morgan fingerprint density at radius 3 is 2.31 bits per heavy atom. The predicted octanol–water partition coefficient (Wildman–Crippen LogP) is 2.06. The summed E-state index contributed by atoms with van der Waals surface area (Å²) in [7, 11) is 0. The summed E-state index contributed by atoms with van der Waals surface area (Å²) < 4.78 is 30.5. The molecule has 0 atom stereocenters. The first kappa shape index (κ1) is 10.4. The zero-order valence-electron chi connectivity index (χ0n) is 6.69. The minimum Gasteiger partial charge on any atom is -0.492 e. The lowest BCUT2D eigenvalue weighted by Crippen LogP contribution is -2.10. The van der Waals surface area contributed by atoms with E-state index in [0.29, 0.717) is 6.54 Å². The van der Waals surface area contributed by atoms with E-state index in [1.165, 1.54) is 0 Å². The maximum Gasteiger partial charge on any atom is 0.144 e. The van der Waals surface area contributed by atoms with E-state index >= 15 is 0 Å². The largest absolute Gasteiger partial charge is 0.492 e. The van der Waals surface area contributed by atoms with Crippen molar-refractivity contribution >= 4 is 15.9 Å². The molecule has 1 aromatic rings. The Hall–Kier alpha value is -0.680. The van der Waals surface area contributed by atoms with Gasteiger partial charge in [-0.3, -0.25) is 0 Å². The fraction of sp³-hybridized carbons (Fsp3) is 0.250. The summed E-state index contributed by atoms with van der Waals surface area (Å²) in [6.45, 7) is 0.541. The first-order chi connectivity index (χ1) is 6.15. The van der Waals surface area contributed by atoms with Crippen LogP contribution in [-0.4, -0.2) is 13.2 Å². The van der Waals surface area contributed by atoms with Crippen molar-refractivity contribution in [2.75, 3.05) is 13.2 Å². The normalized spacial score (nSPS) is 10.2. The van der Waals surface area contributed by atoms with Crippen molar-refractivity contribution in [3.05, 3.63) is 28.2 Å². The maximum atomic E-state index is 12.9. The minimum atomic E-state index is -0.688. The van der Waals surface area contributed by atoms with E-state index in [-0.39, 0.29) is 16.8 Å². The second-order valence-corrected chi connectivity index (χ2v) is 3.13. The van der Waals surface area contributed by atoms with E-state index in [1.54, 1.807) is 0 Å². The van der Waals surface area contributed by atoms with Gasteiger partial charge in [0, 0.05) is 18.7 Å². The number of benzene rings is 1. The van der Waals surface area contributed by atoms with Crippen molar-refractivity contribution in [1.29, 1.82) is 0 Å². The molecule has 0 saturated carbocycles. The molecule has 2 N–H and O–H groups in total. The summed E-state index contributed by atoms with van der Waals surface area (Å²) in [6.07, 6.45) is 0. The van der Waals surface area contributed by atoms with Crippen LogP contribution < -0.4 is 10.5 Å². The van der Waals surface area contributed by atoms with Gasteiger partial charge in [-0.2, -0.15) is 0 Å². The van der Waals surface area contributed by atoms with Crippen LogP contribution in [-0.2, 0) is 0 Å². The quantitative estimate of drug-likeness (QED) is 0.835. The molecule has 0 saturated heterocycles. The van der Waals surface area contributed by atoms with Gasteiger partial charge < -0.3 is 10.5 Å². The predicted molar refractivity (Wildman–Crippen MR) is 48.6 cm³/mol. The molecule has 0 heterocycles. The number of nitrogens with two attached hydrogens (primary N) is 1. The fourth-order valence-corrected chi connectivity index (χ4v) is 1.02. The average Bonchev–Trinajstić information content (AvgIpc) is 2.10. The molecule has 0 aromatic heterocycles. The third-order valence-electron chi connectivity index (χ3n) is 1.34. The Bertz CT molecular complexity index is 283. The lowest BCUT2D eigenvalue weighted by molar-refractivity contribution is 0.324. The Labute approximate surface area is 82.8 Å². The van der Waals surface area contributed by atoms with Crippen molar-refractivity contribution < 1.29 is 13.5 Å². The van der Waals surface area contributed by atoms with Crippen molar-refractivity contribution in [2.45, 2.75) is 0 Å². The Morgan fingerprint density at radius 1 is 1.31 bits per heavy atom. The zero-order valence-corrected chi connectivity index (χ0v) is 8.27. The number of ether oxygens (including phenoxy) is 1. The van der Waals surface area contributed by atoms with E-state index in [9.17, 15) is 8.78 Å². The smallest absolute Gasteiger partial charge is 0.144 e. The van der Waals surface area contributed by atoms with Crippen molar-refractivity contribution in [1.82, 2.24) is 0 Å². The highest BCUT2D eigenvalue weighted by atomic mass is 79.9. The van der Waals surface area contributed by atoms with Gasteiger partial charge in [0.2, 0.25) is 0 Å². The van der Waals surface area contributed by atoms with Crippen molar-refractivity contribution in [3.63, 3.8) is 0 Å². The molecule has 0 unspecified atom stereocenters. The van der Waals surface area contributed by atoms with Crippen LogP contribution >= 0.6 is 15.9 Å². The molecule has 5 heteroatoms. The van der Waals surface area contributed by atoms with Gasteiger partial charge in [-0.25, -0.2) is 8.78 Å². The number of rotatable bonds is 3. The van der Waals surface area contributed by atoms with Crippen LogP contribution in [0, 0.1) is 11.6 Å². The third-order valence-corrected chi connectivity index (χ3v) is 2.10. The molecule has 0 aliphatic carbocycles. The Balaban J connectivity index is 2.86. The SMILES string of the molecule is NCCOc1cc(F)c(Br)c(F)c1. The summed E-state index contributed by atoms with van der Waals surface area (Å²) in [4.78, 5) is 0. The number of hydrogen-bond acceptors (Lipinski definition) is 2. The summed E-state index contributed by atoms with van der Waals surface area (Å²) in [5.41, 5.74) is 5.16. The second kappa shape index (κ2) is 4.53. The molecule has 0 amide bonds. The van der Waals surface area contributed by atoms with Gasteiger partial charge in [0.15, 0.2) is 0 Å². The molecule has 1 rings (SSSR count). The van der Waals surface area contributed by atoms with Crippen LogP contribution in [0.1, 0.15) is 0 Å². The average molecular weight is 252 g/mol. The topological polar surface area (TPSA) is 35.2 Å². The van der Waals surface area contributed by atoms with Gasteiger partial charge in [-0.05, 0) is 15.9 Å². The Kier molecular flexibility index (Phi) is 3.62. The molecule has 0 aliphatic heterocycles. The zero-order chi connectivity index (χ0) is 9.84. The molecule has 0 spiro atoms. The molecule has 2 nitrogen and oxygen atoms in total. The van der Waals surface area contributed by atoms with Crippen LogP contribution in [0.25, 0.3) is 0 Å². The van der Waals surface area contributed by atoms with E-state index in [0.717, 1.165) is 12.1 Å². The lowest BCUT2D eigenvalue weighted by atomic mass is 10.3. The lowest BCUT2D eigenvalue weighted by Gasteiger charge is -2.05. The van der Waals surface area contributed by atoms with E-state index < -0.39 is 11.6 Å². The van der Waals surface area contributed by atoms with Crippen molar-refractivity contribution in [3.8, 4) is 5.75 Å². The molecule has 0 bridgehead atoms. The Morgan fingerprint density at radius 2 is 1.85 bits per heavy atom. The number of hydrogen-bond donors (Lipinski definition) is 1. The summed E-state index contributed by atoms with van der Waals surface area (Å²) >= 11 is 2.75. The molecule has 1 aromatic carbocycles. The molecule has 13 heavy (non-hydrogen) atoms. The molecule has 0 radical (unpaired) electrons. The van der Waals surface area contributed by atoms with Gasteiger partial charge in [-0.1, -0.05) is 0 Å². The summed E-state index contributed by atoms with van der Waals surface area (Å²) in [6, 6.07) is 2.20. The minimum absolute atomic E-state index is 0.142. The van der Waals surface area contributed by atoms with Gasteiger partial charge in [0.05, 0.1) is 4.47 Å². The number of halogens is 3. The standard InChI is InChI=1S/C8H8BrF2NO/c9-8-6(10)3-5(4-7(8)11)13-2-1-12/h3-4H,1-2,12H2. The van der Waals surface area contributed by atoms with Gasteiger partial charge in [0.1, 0.15) is 24.0 Å². The fourth-order valence-electron chi connectivity index (χ4n) is 0.792. The highest BCUT2D eigenvalue weighted by Crippen LogP contribution is 2.24. The van der Waals surface area contributed by atoms with Crippen LogP contribution in [0.15, 0.2) is 16.6 Å². The van der Waals surface area contributed by atoms with Gasteiger partial charge in [0.25, 0.3) is 0 Å². The van der Waals surface area contributed by atoms with Crippen LogP contribution in [0.2, 0.25) is 0 Å². The molecule has 0 fully saturated rings. The highest BCUT2D eigenvalue weighted by Gasteiger charge is 2.08.